The first-order valence-corrected chi connectivity index (χ1v) is 6.56. The van der Waals surface area contributed by atoms with E-state index < -0.39 is 6.23 Å². The molecule has 0 saturated carbocycles. The van der Waals surface area contributed by atoms with E-state index in [1.165, 1.54) is 19.4 Å². The molecule has 17 heavy (non-hydrogen) atoms. The largest absolute Gasteiger partial charge is 0.373 e. The Bertz CT molecular complexity index is 403. The van der Waals surface area contributed by atoms with Crippen molar-refractivity contribution >= 4 is 0 Å². The summed E-state index contributed by atoms with van der Waals surface area (Å²) in [5.74, 6) is 1.92. The van der Waals surface area contributed by atoms with Crippen molar-refractivity contribution in [1.82, 2.24) is 19.7 Å². The van der Waals surface area contributed by atoms with Crippen LogP contribution in [0.2, 0.25) is 0 Å². The molecule has 0 radical (unpaired) electrons. The maximum Gasteiger partial charge on any atom is 0.136 e. The van der Waals surface area contributed by atoms with Crippen molar-refractivity contribution in [2.24, 2.45) is 0 Å². The molecular formula is C12H20N4O. The fourth-order valence-corrected chi connectivity index (χ4v) is 3.03. The minimum atomic E-state index is -0.407. The number of likely N-dealkylation sites (tertiary alicyclic amines) is 1. The van der Waals surface area contributed by atoms with Crippen molar-refractivity contribution in [2.45, 2.75) is 50.8 Å². The predicted molar refractivity (Wildman–Crippen MR) is 63.6 cm³/mol. The van der Waals surface area contributed by atoms with Gasteiger partial charge in [-0.25, -0.2) is 0 Å². The van der Waals surface area contributed by atoms with Gasteiger partial charge in [-0.1, -0.05) is 0 Å². The Labute approximate surface area is 101 Å². The molecular weight excluding hydrogens is 216 g/mol. The zero-order valence-corrected chi connectivity index (χ0v) is 10.3. The van der Waals surface area contributed by atoms with Crippen LogP contribution in [-0.2, 0) is 12.8 Å². The van der Waals surface area contributed by atoms with Crippen LogP contribution in [0.1, 0.15) is 43.6 Å². The van der Waals surface area contributed by atoms with Gasteiger partial charge in [0, 0.05) is 18.9 Å². The van der Waals surface area contributed by atoms with Crippen molar-refractivity contribution in [2.75, 3.05) is 13.6 Å². The molecule has 1 N–H and O–H groups in total. The average Bonchev–Trinajstić information content (AvgIpc) is 2.89. The van der Waals surface area contributed by atoms with Crippen LogP contribution < -0.4 is 0 Å². The number of aliphatic hydroxyl groups excluding tert-OH is 1. The van der Waals surface area contributed by atoms with E-state index in [9.17, 15) is 5.11 Å². The van der Waals surface area contributed by atoms with Gasteiger partial charge < -0.3 is 10.0 Å². The highest BCUT2D eigenvalue weighted by atomic mass is 16.3. The fraction of sp³-hybridized carbons (Fsp3) is 0.833. The average molecular weight is 236 g/mol. The Morgan fingerprint density at radius 2 is 2.18 bits per heavy atom. The number of likely N-dealkylation sites (N-methyl/N-ethyl adjacent to an activating group) is 1. The van der Waals surface area contributed by atoms with E-state index >= 15 is 0 Å². The molecule has 5 heteroatoms. The molecule has 1 saturated heterocycles. The summed E-state index contributed by atoms with van der Waals surface area (Å²) >= 11 is 0. The number of aryl methyl sites for hydroxylation is 1. The number of hydrogen-bond donors (Lipinski definition) is 1. The van der Waals surface area contributed by atoms with Crippen LogP contribution in [0.4, 0.5) is 0 Å². The zero-order chi connectivity index (χ0) is 11.8. The molecule has 5 nitrogen and oxygen atoms in total. The molecule has 1 aromatic rings. The lowest BCUT2D eigenvalue weighted by molar-refractivity contribution is 0.0739. The molecule has 3 rings (SSSR count). The molecule has 2 aliphatic heterocycles. The smallest absolute Gasteiger partial charge is 0.136 e. The van der Waals surface area contributed by atoms with Crippen LogP contribution in [-0.4, -0.2) is 44.4 Å². The lowest BCUT2D eigenvalue weighted by Gasteiger charge is -2.24. The summed E-state index contributed by atoms with van der Waals surface area (Å²) < 4.78 is 1.95. The lowest BCUT2D eigenvalue weighted by Crippen LogP contribution is -2.29. The van der Waals surface area contributed by atoms with Crippen molar-refractivity contribution in [3.63, 3.8) is 0 Å². The summed E-state index contributed by atoms with van der Waals surface area (Å²) in [6.07, 6.45) is 5.81. The van der Waals surface area contributed by atoms with Crippen molar-refractivity contribution in [3.05, 3.63) is 11.6 Å². The second kappa shape index (κ2) is 4.38. The SMILES string of the molecule is CN1CCCC1Cc1nnc2n1C(O)CCC2. The van der Waals surface area contributed by atoms with Crippen molar-refractivity contribution in [3.8, 4) is 0 Å². The third-order valence-corrected chi connectivity index (χ3v) is 4.09. The van der Waals surface area contributed by atoms with Crippen LogP contribution in [0.5, 0.6) is 0 Å². The van der Waals surface area contributed by atoms with Gasteiger partial charge in [0.2, 0.25) is 0 Å². The molecule has 0 spiro atoms. The van der Waals surface area contributed by atoms with Gasteiger partial charge in [0.1, 0.15) is 17.9 Å². The van der Waals surface area contributed by atoms with Crippen LogP contribution in [0.3, 0.4) is 0 Å². The van der Waals surface area contributed by atoms with Gasteiger partial charge >= 0.3 is 0 Å². The van der Waals surface area contributed by atoms with Gasteiger partial charge in [0.15, 0.2) is 0 Å². The van der Waals surface area contributed by atoms with Gasteiger partial charge in [0.05, 0.1) is 0 Å². The predicted octanol–water partition coefficient (Wildman–Crippen LogP) is 0.742. The fourth-order valence-electron chi connectivity index (χ4n) is 3.03. The van der Waals surface area contributed by atoms with Crippen molar-refractivity contribution < 1.29 is 5.11 Å². The molecule has 94 valence electrons. The molecule has 1 aromatic heterocycles. The van der Waals surface area contributed by atoms with Gasteiger partial charge in [-0.15, -0.1) is 10.2 Å². The Balaban J connectivity index is 1.81. The lowest BCUT2D eigenvalue weighted by atomic mass is 10.1. The molecule has 1 fully saturated rings. The summed E-state index contributed by atoms with van der Waals surface area (Å²) in [7, 11) is 2.17. The van der Waals surface area contributed by atoms with E-state index in [1.807, 2.05) is 4.57 Å². The molecule has 0 bridgehead atoms. The summed E-state index contributed by atoms with van der Waals surface area (Å²) in [5, 5.41) is 18.5. The van der Waals surface area contributed by atoms with E-state index in [4.69, 9.17) is 0 Å². The molecule has 2 aliphatic rings. The summed E-state index contributed by atoms with van der Waals surface area (Å²) in [6.45, 7) is 1.17. The molecule has 0 aromatic carbocycles. The van der Waals surface area contributed by atoms with Crippen LogP contribution in [0, 0.1) is 0 Å². The highest BCUT2D eigenvalue weighted by Crippen LogP contribution is 2.25. The van der Waals surface area contributed by atoms with E-state index in [1.54, 1.807) is 0 Å². The first-order valence-electron chi connectivity index (χ1n) is 6.56. The highest BCUT2D eigenvalue weighted by Gasteiger charge is 2.27. The molecule has 2 atom stereocenters. The standard InChI is InChI=1S/C12H20N4O/c1-15-7-3-4-9(15)8-11-14-13-10-5-2-6-12(17)16(10)11/h9,12,17H,2-8H2,1H3. The van der Waals surface area contributed by atoms with Gasteiger partial charge in [-0.3, -0.25) is 4.57 Å². The quantitative estimate of drug-likeness (QED) is 0.823. The second-order valence-electron chi connectivity index (χ2n) is 5.26. The third kappa shape index (κ3) is 1.98. The first kappa shape index (κ1) is 11.2. The van der Waals surface area contributed by atoms with Gasteiger partial charge in [-0.05, 0) is 39.3 Å². The maximum atomic E-state index is 10.0. The topological polar surface area (TPSA) is 54.2 Å². The number of aliphatic hydroxyl groups is 1. The Kier molecular flexibility index (Phi) is 2.88. The number of aromatic nitrogens is 3. The first-order chi connectivity index (χ1) is 8.25. The number of fused-ring (bicyclic) bond motifs is 1. The summed E-state index contributed by atoms with van der Waals surface area (Å²) in [6, 6.07) is 0.567. The second-order valence-corrected chi connectivity index (χ2v) is 5.26. The summed E-state index contributed by atoms with van der Waals surface area (Å²) in [4.78, 5) is 2.39. The van der Waals surface area contributed by atoms with E-state index in [0.29, 0.717) is 6.04 Å². The number of nitrogens with zero attached hydrogens (tertiary/aromatic N) is 4. The van der Waals surface area contributed by atoms with Crippen LogP contribution in [0.15, 0.2) is 0 Å². The number of rotatable bonds is 2. The minimum absolute atomic E-state index is 0.407. The zero-order valence-electron chi connectivity index (χ0n) is 10.3. The van der Waals surface area contributed by atoms with Crippen LogP contribution in [0.25, 0.3) is 0 Å². The Morgan fingerprint density at radius 1 is 1.29 bits per heavy atom. The molecule has 0 amide bonds. The van der Waals surface area contributed by atoms with Gasteiger partial charge in [0.25, 0.3) is 0 Å². The third-order valence-electron chi connectivity index (χ3n) is 4.09. The van der Waals surface area contributed by atoms with Gasteiger partial charge in [-0.2, -0.15) is 0 Å². The normalized spacial score (nSPS) is 29.5. The number of hydrogen-bond acceptors (Lipinski definition) is 4. The van der Waals surface area contributed by atoms with Crippen molar-refractivity contribution in [1.29, 1.82) is 0 Å². The van der Waals surface area contributed by atoms with E-state index in [0.717, 1.165) is 37.3 Å². The maximum absolute atomic E-state index is 10.0. The van der Waals surface area contributed by atoms with Crippen LogP contribution >= 0.6 is 0 Å². The highest BCUT2D eigenvalue weighted by molar-refractivity contribution is 5.03. The Morgan fingerprint density at radius 3 is 2.94 bits per heavy atom. The Hall–Kier alpha value is -0.940. The van der Waals surface area contributed by atoms with E-state index in [2.05, 4.69) is 22.1 Å². The van der Waals surface area contributed by atoms with E-state index in [-0.39, 0.29) is 0 Å². The molecule has 0 aliphatic carbocycles. The minimum Gasteiger partial charge on any atom is -0.373 e. The summed E-state index contributed by atoms with van der Waals surface area (Å²) in [5.41, 5.74) is 0. The molecule has 3 heterocycles. The monoisotopic (exact) mass is 236 g/mol. The molecule has 2 unspecified atom stereocenters.